The molecule has 1 N–H and O–H groups in total. The van der Waals surface area contributed by atoms with Gasteiger partial charge in [0.2, 0.25) is 0 Å². The molecular weight excluding hydrogens is 450 g/mol. The molecule has 1 amide bonds. The second-order valence-electron chi connectivity index (χ2n) is 7.81. The van der Waals surface area contributed by atoms with Crippen molar-refractivity contribution in [2.75, 3.05) is 18.5 Å². The molecule has 0 spiro atoms. The van der Waals surface area contributed by atoms with Crippen LogP contribution in [0.4, 0.5) is 5.00 Å². The van der Waals surface area contributed by atoms with Crippen molar-refractivity contribution >= 4 is 45.8 Å². The predicted molar refractivity (Wildman–Crippen MR) is 126 cm³/mol. The maximum atomic E-state index is 12.6. The topological polar surface area (TPSA) is 81.7 Å². The molecule has 32 heavy (non-hydrogen) atoms. The van der Waals surface area contributed by atoms with Gasteiger partial charge in [-0.2, -0.15) is 0 Å². The smallest absolute Gasteiger partial charge is 0.341 e. The molecule has 0 atom stereocenters. The monoisotopic (exact) mass is 477 g/mol. The van der Waals surface area contributed by atoms with Gasteiger partial charge in [-0.25, -0.2) is 4.79 Å². The fraction of sp³-hybridized carbons (Fsp3) is 0.458. The second kappa shape index (κ2) is 12.0. The number of ether oxygens (including phenoxy) is 2. The molecule has 0 radical (unpaired) electrons. The number of carbonyl (C=O) groups excluding carboxylic acids is 3. The molecule has 1 aromatic heterocycles. The van der Waals surface area contributed by atoms with Gasteiger partial charge in [-0.1, -0.05) is 61.9 Å². The van der Waals surface area contributed by atoms with Gasteiger partial charge in [0.1, 0.15) is 10.6 Å². The summed E-state index contributed by atoms with van der Waals surface area (Å²) in [4.78, 5) is 37.1. The fourth-order valence-electron chi connectivity index (χ4n) is 3.91. The highest BCUT2D eigenvalue weighted by Gasteiger charge is 2.24. The number of amides is 1. The molecule has 1 fully saturated rings. The number of thiophene rings is 1. The molecule has 0 aliphatic heterocycles. The van der Waals surface area contributed by atoms with E-state index in [1.165, 1.54) is 30.6 Å². The van der Waals surface area contributed by atoms with E-state index in [0.717, 1.165) is 19.3 Å². The van der Waals surface area contributed by atoms with Crippen LogP contribution in [0.15, 0.2) is 29.6 Å². The van der Waals surface area contributed by atoms with Crippen LogP contribution >= 0.6 is 22.9 Å². The van der Waals surface area contributed by atoms with E-state index in [9.17, 15) is 14.4 Å². The largest absolute Gasteiger partial charge is 0.462 e. The van der Waals surface area contributed by atoms with E-state index in [-0.39, 0.29) is 18.1 Å². The van der Waals surface area contributed by atoms with Crippen molar-refractivity contribution in [3.8, 4) is 11.1 Å². The van der Waals surface area contributed by atoms with E-state index in [1.54, 1.807) is 30.5 Å². The minimum Gasteiger partial charge on any atom is -0.462 e. The van der Waals surface area contributed by atoms with Crippen molar-refractivity contribution in [3.05, 3.63) is 40.2 Å². The summed E-state index contributed by atoms with van der Waals surface area (Å²) in [7, 11) is 0. The number of hydrogen-bond acceptors (Lipinski definition) is 6. The maximum Gasteiger partial charge on any atom is 0.341 e. The molecule has 0 unspecified atom stereocenters. The number of esters is 2. The Labute approximate surface area is 197 Å². The summed E-state index contributed by atoms with van der Waals surface area (Å²) >= 11 is 7.50. The molecule has 0 saturated heterocycles. The second-order valence-corrected chi connectivity index (χ2v) is 9.09. The first-order chi connectivity index (χ1) is 15.5. The Bertz CT molecular complexity index is 952. The molecule has 2 aromatic rings. The number of halogens is 1. The van der Waals surface area contributed by atoms with E-state index in [4.69, 9.17) is 21.1 Å². The van der Waals surface area contributed by atoms with E-state index in [0.29, 0.717) is 33.5 Å². The van der Waals surface area contributed by atoms with Crippen LogP contribution < -0.4 is 5.32 Å². The number of rotatable bonds is 9. The normalized spacial score (nSPS) is 14.1. The van der Waals surface area contributed by atoms with Crippen LogP contribution in [0.5, 0.6) is 0 Å². The SMILES string of the molecule is CCOC(=O)c1c(-c2ccccc2Cl)csc1NC(=O)COC(=O)CCC1CCCCC1. The van der Waals surface area contributed by atoms with Crippen LogP contribution in [0.1, 0.15) is 62.2 Å². The van der Waals surface area contributed by atoms with Gasteiger partial charge in [-0.05, 0) is 25.3 Å². The molecule has 8 heteroatoms. The Morgan fingerprint density at radius 1 is 1.09 bits per heavy atom. The van der Waals surface area contributed by atoms with Gasteiger partial charge < -0.3 is 14.8 Å². The Kier molecular flexibility index (Phi) is 9.11. The van der Waals surface area contributed by atoms with Gasteiger partial charge in [-0.15, -0.1) is 11.3 Å². The summed E-state index contributed by atoms with van der Waals surface area (Å²) in [5.41, 5.74) is 1.49. The van der Waals surface area contributed by atoms with Crippen LogP contribution in [-0.4, -0.2) is 31.1 Å². The molecule has 1 aromatic carbocycles. The quantitative estimate of drug-likeness (QED) is 0.442. The molecule has 1 aliphatic rings. The lowest BCUT2D eigenvalue weighted by Crippen LogP contribution is -2.22. The zero-order chi connectivity index (χ0) is 22.9. The zero-order valence-corrected chi connectivity index (χ0v) is 19.7. The highest BCUT2D eigenvalue weighted by molar-refractivity contribution is 7.15. The molecule has 172 valence electrons. The van der Waals surface area contributed by atoms with Crippen molar-refractivity contribution < 1.29 is 23.9 Å². The summed E-state index contributed by atoms with van der Waals surface area (Å²) in [6, 6.07) is 7.15. The highest BCUT2D eigenvalue weighted by atomic mass is 35.5. The average molecular weight is 478 g/mol. The van der Waals surface area contributed by atoms with Gasteiger partial charge in [0.05, 0.1) is 6.61 Å². The third-order valence-corrected chi connectivity index (χ3v) is 6.76. The Morgan fingerprint density at radius 2 is 1.84 bits per heavy atom. The lowest BCUT2D eigenvalue weighted by Gasteiger charge is -2.20. The third kappa shape index (κ3) is 6.56. The van der Waals surface area contributed by atoms with E-state index < -0.39 is 18.5 Å². The van der Waals surface area contributed by atoms with Crippen molar-refractivity contribution in [2.24, 2.45) is 5.92 Å². The van der Waals surface area contributed by atoms with E-state index in [1.807, 2.05) is 6.07 Å². The number of hydrogen-bond donors (Lipinski definition) is 1. The Balaban J connectivity index is 1.62. The van der Waals surface area contributed by atoms with Crippen molar-refractivity contribution in [2.45, 2.75) is 51.9 Å². The first kappa shape index (κ1) is 24.3. The minimum absolute atomic E-state index is 0.197. The molecule has 1 aliphatic carbocycles. The fourth-order valence-corrected chi connectivity index (χ4v) is 5.11. The van der Waals surface area contributed by atoms with Gasteiger partial charge in [0.25, 0.3) is 5.91 Å². The first-order valence-electron chi connectivity index (χ1n) is 11.0. The van der Waals surface area contributed by atoms with Gasteiger partial charge in [0, 0.05) is 28.0 Å². The molecular formula is C24H28ClNO5S. The van der Waals surface area contributed by atoms with Gasteiger partial charge in [0.15, 0.2) is 6.61 Å². The third-order valence-electron chi connectivity index (χ3n) is 5.53. The summed E-state index contributed by atoms with van der Waals surface area (Å²) in [5, 5.41) is 5.25. The first-order valence-corrected chi connectivity index (χ1v) is 12.2. The standard InChI is InChI=1S/C24H28ClNO5S/c1-2-30-24(29)22-18(17-10-6-7-11-19(17)25)15-32-23(22)26-20(27)14-31-21(28)13-12-16-8-4-3-5-9-16/h6-7,10-11,15-16H,2-5,8-9,12-14H2,1H3,(H,26,27). The van der Waals surface area contributed by atoms with Crippen molar-refractivity contribution in [1.82, 2.24) is 0 Å². The maximum absolute atomic E-state index is 12.6. The Hall–Kier alpha value is -2.38. The molecule has 6 nitrogen and oxygen atoms in total. The van der Waals surface area contributed by atoms with Crippen molar-refractivity contribution in [1.29, 1.82) is 0 Å². The number of anilines is 1. The van der Waals surface area contributed by atoms with Crippen LogP contribution in [-0.2, 0) is 19.1 Å². The number of nitrogens with one attached hydrogen (secondary N) is 1. The van der Waals surface area contributed by atoms with E-state index in [2.05, 4.69) is 5.32 Å². The number of benzene rings is 1. The summed E-state index contributed by atoms with van der Waals surface area (Å²) in [6.45, 7) is 1.51. The summed E-state index contributed by atoms with van der Waals surface area (Å²) in [6.07, 6.45) is 7.17. The van der Waals surface area contributed by atoms with Gasteiger partial charge >= 0.3 is 11.9 Å². The molecule has 1 saturated carbocycles. The molecule has 0 bridgehead atoms. The van der Waals surface area contributed by atoms with Crippen LogP contribution in [0.3, 0.4) is 0 Å². The van der Waals surface area contributed by atoms with E-state index >= 15 is 0 Å². The highest BCUT2D eigenvalue weighted by Crippen LogP contribution is 2.39. The van der Waals surface area contributed by atoms with Gasteiger partial charge in [-0.3, -0.25) is 9.59 Å². The van der Waals surface area contributed by atoms with Crippen molar-refractivity contribution in [3.63, 3.8) is 0 Å². The zero-order valence-electron chi connectivity index (χ0n) is 18.2. The lowest BCUT2D eigenvalue weighted by molar-refractivity contribution is -0.147. The summed E-state index contributed by atoms with van der Waals surface area (Å²) < 4.78 is 10.3. The minimum atomic E-state index is -0.552. The van der Waals surface area contributed by atoms with Crippen LogP contribution in [0.2, 0.25) is 5.02 Å². The molecule has 3 rings (SSSR count). The average Bonchev–Trinajstić information content (AvgIpc) is 3.20. The van der Waals surface area contributed by atoms with Crippen LogP contribution in [0.25, 0.3) is 11.1 Å². The molecule has 1 heterocycles. The Morgan fingerprint density at radius 3 is 2.56 bits per heavy atom. The number of carbonyl (C=O) groups is 3. The predicted octanol–water partition coefficient (Wildman–Crippen LogP) is 6.09. The van der Waals surface area contributed by atoms with Crippen LogP contribution in [0, 0.1) is 5.92 Å². The summed E-state index contributed by atoms with van der Waals surface area (Å²) in [5.74, 6) is -0.858. The lowest BCUT2D eigenvalue weighted by atomic mass is 9.86.